The summed E-state index contributed by atoms with van der Waals surface area (Å²) in [5.74, 6) is -0.359. The van der Waals surface area contributed by atoms with Crippen molar-refractivity contribution in [2.24, 2.45) is 0 Å². The maximum Gasteiger partial charge on any atom is 0.418 e. The van der Waals surface area contributed by atoms with E-state index >= 15 is 0 Å². The third kappa shape index (κ3) is 4.51. The van der Waals surface area contributed by atoms with E-state index in [1.54, 1.807) is 6.07 Å². The largest absolute Gasteiger partial charge is 0.495 e. The Morgan fingerprint density at radius 3 is 2.30 bits per heavy atom. The van der Waals surface area contributed by atoms with Crippen molar-refractivity contribution in [2.75, 3.05) is 17.7 Å². The lowest BCUT2D eigenvalue weighted by molar-refractivity contribution is -0.383. The van der Waals surface area contributed by atoms with Crippen LogP contribution in [0.3, 0.4) is 0 Å². The predicted octanol–water partition coefficient (Wildman–Crippen LogP) is 5.55. The smallest absolute Gasteiger partial charge is 0.418 e. The Morgan fingerprint density at radius 2 is 1.70 bits per heavy atom. The molecule has 0 radical (unpaired) electrons. The van der Waals surface area contributed by atoms with Crippen LogP contribution in [-0.2, 0) is 6.18 Å². The van der Waals surface area contributed by atoms with Gasteiger partial charge in [-0.15, -0.1) is 0 Å². The first kappa shape index (κ1) is 21.1. The molecule has 0 spiro atoms. The van der Waals surface area contributed by atoms with Gasteiger partial charge in [-0.3, -0.25) is 10.1 Å². The van der Waals surface area contributed by atoms with Crippen LogP contribution < -0.4 is 15.4 Å². The Morgan fingerprint density at radius 1 is 1.07 bits per heavy atom. The first-order chi connectivity index (χ1) is 14.2. The fraction of sp³-hybridized carbons (Fsp3) is 0.111. The van der Waals surface area contributed by atoms with Crippen molar-refractivity contribution in [1.82, 2.24) is 9.97 Å². The van der Waals surface area contributed by atoms with Crippen LogP contribution in [0.1, 0.15) is 5.56 Å². The van der Waals surface area contributed by atoms with Crippen molar-refractivity contribution in [3.05, 3.63) is 69.5 Å². The zero-order valence-corrected chi connectivity index (χ0v) is 16.0. The number of nitrogens with one attached hydrogen (secondary N) is 2. The SMILES string of the molecule is COc1ccc(Cl)cc1Nc1ncnc(Nc2ccccc2C(F)(F)F)c1[N+](=O)[O-]. The predicted molar refractivity (Wildman–Crippen MR) is 105 cm³/mol. The van der Waals surface area contributed by atoms with Gasteiger partial charge in [-0.1, -0.05) is 23.7 Å². The van der Waals surface area contributed by atoms with Crippen LogP contribution in [0.25, 0.3) is 0 Å². The topological polar surface area (TPSA) is 102 Å². The van der Waals surface area contributed by atoms with Crippen LogP contribution in [0, 0.1) is 10.1 Å². The average Bonchev–Trinajstić information content (AvgIpc) is 2.68. The Bertz CT molecular complexity index is 1090. The van der Waals surface area contributed by atoms with Gasteiger partial charge in [-0.2, -0.15) is 13.2 Å². The highest BCUT2D eigenvalue weighted by molar-refractivity contribution is 6.31. The first-order valence-corrected chi connectivity index (χ1v) is 8.61. The maximum atomic E-state index is 13.3. The lowest BCUT2D eigenvalue weighted by atomic mass is 10.1. The van der Waals surface area contributed by atoms with E-state index in [9.17, 15) is 23.3 Å². The minimum absolute atomic E-state index is 0.262. The standard InChI is InChI=1S/C18H13ClF3N5O3/c1-30-14-7-6-10(19)8-13(14)26-17-15(27(28)29)16(23-9-24-17)25-12-5-3-2-4-11(12)18(20,21)22/h2-9H,1H3,(H2,23,24,25,26). The van der Waals surface area contributed by atoms with Gasteiger partial charge in [-0.05, 0) is 30.3 Å². The summed E-state index contributed by atoms with van der Waals surface area (Å²) in [6.45, 7) is 0. The molecule has 0 amide bonds. The second kappa shape index (κ2) is 8.41. The summed E-state index contributed by atoms with van der Waals surface area (Å²) in [5, 5.41) is 17.1. The van der Waals surface area contributed by atoms with E-state index in [1.165, 1.54) is 31.4 Å². The van der Waals surface area contributed by atoms with Crippen molar-refractivity contribution < 1.29 is 22.8 Å². The van der Waals surface area contributed by atoms with E-state index < -0.39 is 33.9 Å². The number of nitrogens with zero attached hydrogens (tertiary/aromatic N) is 3. The number of rotatable bonds is 6. The van der Waals surface area contributed by atoms with E-state index in [4.69, 9.17) is 16.3 Å². The summed E-state index contributed by atoms with van der Waals surface area (Å²) in [6.07, 6.45) is -3.69. The van der Waals surface area contributed by atoms with Crippen molar-refractivity contribution in [2.45, 2.75) is 6.18 Å². The highest BCUT2D eigenvalue weighted by atomic mass is 35.5. The highest BCUT2D eigenvalue weighted by Crippen LogP contribution is 2.39. The molecule has 8 nitrogen and oxygen atoms in total. The van der Waals surface area contributed by atoms with Crippen LogP contribution in [0.2, 0.25) is 5.02 Å². The molecule has 0 atom stereocenters. The van der Waals surface area contributed by atoms with Gasteiger partial charge in [0.15, 0.2) is 0 Å². The van der Waals surface area contributed by atoms with Crippen LogP contribution in [-0.4, -0.2) is 22.0 Å². The molecule has 1 heterocycles. The number of halogens is 4. The summed E-state index contributed by atoms with van der Waals surface area (Å²) in [7, 11) is 1.39. The van der Waals surface area contributed by atoms with Crippen LogP contribution in [0.5, 0.6) is 5.75 Å². The fourth-order valence-corrected chi connectivity index (χ4v) is 2.78. The molecule has 0 saturated heterocycles. The number of anilines is 4. The Kier molecular flexibility index (Phi) is 5.92. The summed E-state index contributed by atoms with van der Waals surface area (Å²) in [4.78, 5) is 18.5. The lowest BCUT2D eigenvalue weighted by Gasteiger charge is -2.15. The van der Waals surface area contributed by atoms with Gasteiger partial charge >= 0.3 is 11.9 Å². The van der Waals surface area contributed by atoms with Gasteiger partial charge in [-0.25, -0.2) is 9.97 Å². The van der Waals surface area contributed by atoms with E-state index in [2.05, 4.69) is 20.6 Å². The van der Waals surface area contributed by atoms with Crippen molar-refractivity contribution >= 4 is 40.3 Å². The van der Waals surface area contributed by atoms with Gasteiger partial charge in [0.05, 0.1) is 29.0 Å². The average molecular weight is 440 g/mol. The zero-order valence-electron chi connectivity index (χ0n) is 15.2. The van der Waals surface area contributed by atoms with Gasteiger partial charge in [0, 0.05) is 5.02 Å². The number of nitro groups is 1. The minimum Gasteiger partial charge on any atom is -0.495 e. The first-order valence-electron chi connectivity index (χ1n) is 8.24. The molecule has 0 aliphatic carbocycles. The molecular weight excluding hydrogens is 427 g/mol. The summed E-state index contributed by atoms with van der Waals surface area (Å²) in [5.41, 5.74) is -1.77. The van der Waals surface area contributed by atoms with E-state index in [1.807, 2.05) is 0 Å². The molecular formula is C18H13ClF3N5O3. The molecule has 0 aliphatic heterocycles. The Labute approximate surface area is 172 Å². The molecule has 2 N–H and O–H groups in total. The quantitative estimate of drug-likeness (QED) is 0.383. The third-order valence-electron chi connectivity index (χ3n) is 3.90. The fourth-order valence-electron chi connectivity index (χ4n) is 2.61. The van der Waals surface area contributed by atoms with Gasteiger partial charge in [0.25, 0.3) is 0 Å². The summed E-state index contributed by atoms with van der Waals surface area (Å²) in [6, 6.07) is 9.12. The molecule has 2 aromatic carbocycles. The minimum atomic E-state index is -4.67. The van der Waals surface area contributed by atoms with E-state index in [0.29, 0.717) is 10.8 Å². The number of para-hydroxylation sites is 1. The number of methoxy groups -OCH3 is 1. The molecule has 1 aromatic heterocycles. The lowest BCUT2D eigenvalue weighted by Crippen LogP contribution is -2.11. The highest BCUT2D eigenvalue weighted by Gasteiger charge is 2.34. The number of hydrogen-bond acceptors (Lipinski definition) is 7. The number of ether oxygens (including phenoxy) is 1. The second-order valence-corrected chi connectivity index (χ2v) is 6.25. The Hall–Kier alpha value is -3.60. The van der Waals surface area contributed by atoms with Crippen molar-refractivity contribution in [1.29, 1.82) is 0 Å². The molecule has 0 fully saturated rings. The van der Waals surface area contributed by atoms with Gasteiger partial charge in [0.1, 0.15) is 12.1 Å². The van der Waals surface area contributed by atoms with E-state index in [0.717, 1.165) is 18.5 Å². The normalized spacial score (nSPS) is 11.1. The molecule has 3 rings (SSSR count). The number of benzene rings is 2. The van der Waals surface area contributed by atoms with E-state index in [-0.39, 0.29) is 11.5 Å². The summed E-state index contributed by atoms with van der Waals surface area (Å²) >= 11 is 5.96. The van der Waals surface area contributed by atoms with Gasteiger partial charge < -0.3 is 15.4 Å². The molecule has 0 saturated carbocycles. The van der Waals surface area contributed by atoms with Crippen LogP contribution in [0.15, 0.2) is 48.8 Å². The number of hydrogen-bond donors (Lipinski definition) is 2. The summed E-state index contributed by atoms with van der Waals surface area (Å²) < 4.78 is 44.9. The molecule has 0 aliphatic rings. The molecule has 3 aromatic rings. The second-order valence-electron chi connectivity index (χ2n) is 5.81. The van der Waals surface area contributed by atoms with Gasteiger partial charge in [0.2, 0.25) is 11.6 Å². The Balaban J connectivity index is 2.06. The monoisotopic (exact) mass is 439 g/mol. The molecule has 0 bridgehead atoms. The molecule has 0 unspecified atom stereocenters. The van der Waals surface area contributed by atoms with Crippen LogP contribution in [0.4, 0.5) is 41.9 Å². The third-order valence-corrected chi connectivity index (χ3v) is 4.14. The molecule has 30 heavy (non-hydrogen) atoms. The molecule has 12 heteroatoms. The maximum absolute atomic E-state index is 13.3. The number of alkyl halides is 3. The molecule has 156 valence electrons. The van der Waals surface area contributed by atoms with Crippen LogP contribution >= 0.6 is 11.6 Å². The van der Waals surface area contributed by atoms with Crippen molar-refractivity contribution in [3.63, 3.8) is 0 Å². The zero-order chi connectivity index (χ0) is 21.9. The number of aromatic nitrogens is 2. The van der Waals surface area contributed by atoms with Crippen molar-refractivity contribution in [3.8, 4) is 5.75 Å².